The molecule has 7 heteroatoms. The van der Waals surface area contributed by atoms with Gasteiger partial charge < -0.3 is 0 Å². The van der Waals surface area contributed by atoms with Crippen LogP contribution in [0, 0.1) is 6.92 Å². The minimum atomic E-state index is -0.695. The van der Waals surface area contributed by atoms with E-state index in [0.717, 1.165) is 9.13 Å². The van der Waals surface area contributed by atoms with Gasteiger partial charge in [0.05, 0.1) is 0 Å². The molecule has 0 aliphatic rings. The summed E-state index contributed by atoms with van der Waals surface area (Å²) in [4.78, 5) is 24.3. The average molecular weight is 312 g/mol. The first-order valence-corrected chi connectivity index (χ1v) is 6.27. The highest BCUT2D eigenvalue weighted by Crippen LogP contribution is 2.15. The minimum Gasteiger partial charge on any atom is -0.269 e. The van der Waals surface area contributed by atoms with Gasteiger partial charge in [0.25, 0.3) is 5.56 Å². The average Bonchev–Trinajstić information content (AvgIpc) is 2.19. The topological polar surface area (TPSA) is 44.0 Å². The van der Waals surface area contributed by atoms with Crippen LogP contribution in [0.25, 0.3) is 6.20 Å². The first-order chi connectivity index (χ1) is 8.07. The van der Waals surface area contributed by atoms with Crippen molar-refractivity contribution in [2.75, 3.05) is 0 Å². The Morgan fingerprint density at radius 3 is 2.11 bits per heavy atom. The van der Waals surface area contributed by atoms with Crippen molar-refractivity contribution in [1.29, 1.82) is 0 Å². The van der Waals surface area contributed by atoms with Crippen molar-refractivity contribution in [2.45, 2.75) is 33.2 Å². The Morgan fingerprint density at radius 2 is 1.72 bits per heavy atom. The highest BCUT2D eigenvalue weighted by Gasteiger charge is 2.23. The van der Waals surface area contributed by atoms with E-state index in [9.17, 15) is 9.59 Å². The molecule has 0 aromatic carbocycles. The molecule has 0 atom stereocenters. The van der Waals surface area contributed by atoms with Gasteiger partial charge in [-0.1, -0.05) is 34.8 Å². The van der Waals surface area contributed by atoms with Crippen LogP contribution in [0.4, 0.5) is 0 Å². The number of halogens is 3. The van der Waals surface area contributed by atoms with E-state index in [2.05, 4.69) is 0 Å². The number of rotatable bonds is 1. The van der Waals surface area contributed by atoms with Gasteiger partial charge in [0.2, 0.25) is 0 Å². The van der Waals surface area contributed by atoms with E-state index in [1.54, 1.807) is 27.7 Å². The van der Waals surface area contributed by atoms with E-state index in [0.29, 0.717) is 5.69 Å². The van der Waals surface area contributed by atoms with Gasteiger partial charge in [0.1, 0.15) is 9.51 Å². The van der Waals surface area contributed by atoms with Crippen LogP contribution in [-0.2, 0) is 5.54 Å². The predicted octanol–water partition coefficient (Wildman–Crippen LogP) is 2.96. The Balaban J connectivity index is 3.90. The molecule has 0 aliphatic carbocycles. The lowest BCUT2D eigenvalue weighted by molar-refractivity contribution is 0.362. The second kappa shape index (κ2) is 5.11. The summed E-state index contributed by atoms with van der Waals surface area (Å²) < 4.78 is 2.12. The summed E-state index contributed by atoms with van der Waals surface area (Å²) in [7, 11) is 0. The standard InChI is InChI=1S/C11H13Cl3N2O2/c1-6-8(14)9(17)16(11(2,3)4)10(18)15(6)5-7(12)13/h5H,1-4H3. The van der Waals surface area contributed by atoms with E-state index in [4.69, 9.17) is 34.8 Å². The molecule has 0 N–H and O–H groups in total. The molecule has 1 aromatic heterocycles. The van der Waals surface area contributed by atoms with Gasteiger partial charge in [-0.25, -0.2) is 4.79 Å². The van der Waals surface area contributed by atoms with E-state index in [1.807, 2.05) is 0 Å². The maximum absolute atomic E-state index is 12.3. The molecular formula is C11H13Cl3N2O2. The molecule has 4 nitrogen and oxygen atoms in total. The van der Waals surface area contributed by atoms with Crippen molar-refractivity contribution >= 4 is 41.0 Å². The molecule has 0 fully saturated rings. The summed E-state index contributed by atoms with van der Waals surface area (Å²) in [5, 5.41) is -0.0321. The van der Waals surface area contributed by atoms with Crippen molar-refractivity contribution in [1.82, 2.24) is 9.13 Å². The lowest BCUT2D eigenvalue weighted by Crippen LogP contribution is -2.47. The second-order valence-electron chi connectivity index (χ2n) is 4.78. The quantitative estimate of drug-likeness (QED) is 0.800. The third kappa shape index (κ3) is 2.82. The van der Waals surface area contributed by atoms with Crippen molar-refractivity contribution in [3.05, 3.63) is 36.0 Å². The smallest absolute Gasteiger partial charge is 0.269 e. The number of nitrogens with zero attached hydrogens (tertiary/aromatic N) is 2. The Labute approximate surface area is 119 Å². The van der Waals surface area contributed by atoms with E-state index in [1.165, 1.54) is 6.20 Å². The SMILES string of the molecule is Cc1c(Cl)c(=O)n(C(C)(C)C)c(=O)n1C=C(Cl)Cl. The normalized spacial score (nSPS) is 11.5. The molecule has 0 saturated heterocycles. The van der Waals surface area contributed by atoms with Gasteiger partial charge in [-0.15, -0.1) is 0 Å². The van der Waals surface area contributed by atoms with Gasteiger partial charge >= 0.3 is 5.69 Å². The maximum Gasteiger partial charge on any atom is 0.335 e. The zero-order chi connectivity index (χ0) is 14.2. The van der Waals surface area contributed by atoms with Gasteiger partial charge in [0.15, 0.2) is 0 Å². The summed E-state index contributed by atoms with van der Waals surface area (Å²) in [6, 6.07) is 0. The van der Waals surface area contributed by atoms with E-state index < -0.39 is 16.8 Å². The first-order valence-electron chi connectivity index (χ1n) is 5.14. The van der Waals surface area contributed by atoms with Gasteiger partial charge in [-0.2, -0.15) is 0 Å². The Morgan fingerprint density at radius 1 is 1.22 bits per heavy atom. The molecule has 1 aromatic rings. The molecule has 0 bridgehead atoms. The lowest BCUT2D eigenvalue weighted by atomic mass is 10.1. The fourth-order valence-electron chi connectivity index (χ4n) is 1.54. The summed E-state index contributed by atoms with van der Waals surface area (Å²) in [6.07, 6.45) is 1.22. The monoisotopic (exact) mass is 310 g/mol. The molecule has 0 amide bonds. The maximum atomic E-state index is 12.3. The van der Waals surface area contributed by atoms with E-state index >= 15 is 0 Å². The largest absolute Gasteiger partial charge is 0.335 e. The van der Waals surface area contributed by atoms with Crippen molar-refractivity contribution in [3.8, 4) is 0 Å². The summed E-state index contributed by atoms with van der Waals surface area (Å²) in [6.45, 7) is 6.75. The minimum absolute atomic E-state index is 0.0321. The van der Waals surface area contributed by atoms with Crippen LogP contribution in [0.15, 0.2) is 14.1 Å². The van der Waals surface area contributed by atoms with Crippen LogP contribution in [0.2, 0.25) is 5.02 Å². The molecular weight excluding hydrogens is 298 g/mol. The summed E-state index contributed by atoms with van der Waals surface area (Å²) in [5.74, 6) is 0. The zero-order valence-electron chi connectivity index (χ0n) is 10.4. The third-order valence-corrected chi connectivity index (χ3v) is 3.00. The molecule has 100 valence electrons. The fraction of sp³-hybridized carbons (Fsp3) is 0.455. The molecule has 0 spiro atoms. The van der Waals surface area contributed by atoms with Gasteiger partial charge in [-0.3, -0.25) is 13.9 Å². The van der Waals surface area contributed by atoms with Crippen LogP contribution < -0.4 is 11.2 Å². The van der Waals surface area contributed by atoms with Crippen molar-refractivity contribution in [2.24, 2.45) is 0 Å². The van der Waals surface area contributed by atoms with Gasteiger partial charge in [-0.05, 0) is 27.7 Å². The third-order valence-electron chi connectivity index (χ3n) is 2.36. The van der Waals surface area contributed by atoms with E-state index in [-0.39, 0.29) is 9.51 Å². The predicted molar refractivity (Wildman–Crippen MR) is 75.7 cm³/mol. The number of hydrogen-bond donors (Lipinski definition) is 0. The molecule has 18 heavy (non-hydrogen) atoms. The molecule has 0 unspecified atom stereocenters. The second-order valence-corrected chi connectivity index (χ2v) is 6.17. The van der Waals surface area contributed by atoms with Crippen molar-refractivity contribution < 1.29 is 0 Å². The summed E-state index contributed by atoms with van der Waals surface area (Å²) in [5.41, 5.74) is -1.46. The first kappa shape index (κ1) is 15.3. The highest BCUT2D eigenvalue weighted by atomic mass is 35.5. The molecule has 1 heterocycles. The van der Waals surface area contributed by atoms with Crippen molar-refractivity contribution in [3.63, 3.8) is 0 Å². The van der Waals surface area contributed by atoms with Crippen LogP contribution in [0.5, 0.6) is 0 Å². The summed E-state index contributed by atoms with van der Waals surface area (Å²) >= 11 is 17.0. The zero-order valence-corrected chi connectivity index (χ0v) is 12.7. The van der Waals surface area contributed by atoms with Crippen LogP contribution in [0.1, 0.15) is 26.5 Å². The lowest BCUT2D eigenvalue weighted by Gasteiger charge is -2.23. The molecule has 0 radical (unpaired) electrons. The Hall–Kier alpha value is -0.710. The van der Waals surface area contributed by atoms with Crippen LogP contribution >= 0.6 is 34.8 Å². The molecule has 0 aliphatic heterocycles. The number of hydrogen-bond acceptors (Lipinski definition) is 2. The molecule has 0 saturated carbocycles. The Bertz CT molecular complexity index is 617. The van der Waals surface area contributed by atoms with Crippen LogP contribution in [0.3, 0.4) is 0 Å². The van der Waals surface area contributed by atoms with Crippen LogP contribution in [-0.4, -0.2) is 9.13 Å². The molecule has 1 rings (SSSR count). The Kier molecular flexibility index (Phi) is 4.36. The van der Waals surface area contributed by atoms with Gasteiger partial charge in [0, 0.05) is 17.4 Å². The number of aromatic nitrogens is 2. The fourth-order valence-corrected chi connectivity index (χ4v) is 1.91. The highest BCUT2D eigenvalue weighted by molar-refractivity contribution is 6.57.